The first-order valence-corrected chi connectivity index (χ1v) is 15.5. The summed E-state index contributed by atoms with van der Waals surface area (Å²) in [6.45, 7) is 0.123. The van der Waals surface area contributed by atoms with Gasteiger partial charge in [0.1, 0.15) is 24.4 Å². The Bertz CT molecular complexity index is 1230. The van der Waals surface area contributed by atoms with Crippen LogP contribution in [0.5, 0.6) is 0 Å². The van der Waals surface area contributed by atoms with Crippen molar-refractivity contribution in [3.63, 3.8) is 0 Å². The summed E-state index contributed by atoms with van der Waals surface area (Å²) < 4.78 is 34.9. The number of rotatable bonds is 7. The molecule has 5 N–H and O–H groups in total. The largest absolute Gasteiger partial charge is 0.387 e. The van der Waals surface area contributed by atoms with Crippen molar-refractivity contribution in [1.82, 2.24) is 19.6 Å². The molecule has 3 aliphatic rings. The summed E-state index contributed by atoms with van der Waals surface area (Å²) in [4.78, 5) is 38.8. The SMILES string of the molecule is O=P(O)(O)CP(=O)(O)OCC1OC(c2cnc3c(N4CCCC45CCCC5)nc(Cl)nn23)C(O)C1O. The van der Waals surface area contributed by atoms with Crippen LogP contribution in [0.25, 0.3) is 5.65 Å². The molecule has 5 atom stereocenters. The third-order valence-electron chi connectivity index (χ3n) is 7.19. The number of halogens is 1. The zero-order valence-electron chi connectivity index (χ0n) is 19.1. The summed E-state index contributed by atoms with van der Waals surface area (Å²) in [7, 11) is -9.48. The number of imidazole rings is 1. The molecule has 14 nitrogen and oxygen atoms in total. The topological polar surface area (TPSA) is 200 Å². The van der Waals surface area contributed by atoms with E-state index < -0.39 is 52.1 Å². The number of aliphatic hydroxyl groups is 2. The number of fused-ring (bicyclic) bond motifs is 1. The summed E-state index contributed by atoms with van der Waals surface area (Å²) >= 11 is 6.29. The van der Waals surface area contributed by atoms with Gasteiger partial charge in [0, 0.05) is 12.1 Å². The Morgan fingerprint density at radius 1 is 1.14 bits per heavy atom. The molecule has 2 saturated heterocycles. The summed E-state index contributed by atoms with van der Waals surface area (Å²) in [5.41, 5.74) is 0.721. The molecule has 4 heterocycles. The predicted molar refractivity (Wildman–Crippen MR) is 126 cm³/mol. The van der Waals surface area contributed by atoms with E-state index in [-0.39, 0.29) is 16.5 Å². The average molecular weight is 568 g/mol. The van der Waals surface area contributed by atoms with E-state index in [4.69, 9.17) is 30.6 Å². The van der Waals surface area contributed by atoms with Gasteiger partial charge in [0.2, 0.25) is 5.28 Å². The maximum Gasteiger partial charge on any atom is 0.340 e. The average Bonchev–Trinajstić information content (AvgIpc) is 3.55. The molecule has 17 heteroatoms. The minimum Gasteiger partial charge on any atom is -0.387 e. The molecule has 5 rings (SSSR count). The highest BCUT2D eigenvalue weighted by Crippen LogP contribution is 2.55. The second kappa shape index (κ2) is 9.53. The smallest absolute Gasteiger partial charge is 0.340 e. The fourth-order valence-electron chi connectivity index (χ4n) is 5.65. The van der Waals surface area contributed by atoms with E-state index in [0.29, 0.717) is 11.5 Å². The van der Waals surface area contributed by atoms with Crippen molar-refractivity contribution in [2.45, 2.75) is 68.5 Å². The Kier molecular flexibility index (Phi) is 7.00. The molecular weight excluding hydrogens is 540 g/mol. The number of hydrogen-bond donors (Lipinski definition) is 5. The molecule has 1 aliphatic carbocycles. The molecule has 0 aromatic carbocycles. The van der Waals surface area contributed by atoms with E-state index in [1.165, 1.54) is 10.7 Å². The summed E-state index contributed by atoms with van der Waals surface area (Å²) in [5.74, 6) is -0.787. The van der Waals surface area contributed by atoms with Crippen molar-refractivity contribution in [3.05, 3.63) is 17.2 Å². The third kappa shape index (κ3) is 4.96. The van der Waals surface area contributed by atoms with Crippen molar-refractivity contribution >= 4 is 38.3 Å². The number of aliphatic hydroxyl groups excluding tert-OH is 2. The molecule has 1 saturated carbocycles. The van der Waals surface area contributed by atoms with Gasteiger partial charge in [-0.1, -0.05) is 12.8 Å². The molecule has 36 heavy (non-hydrogen) atoms. The summed E-state index contributed by atoms with van der Waals surface area (Å²) in [6, 6.07) is 0. The van der Waals surface area contributed by atoms with Gasteiger partial charge in [-0.3, -0.25) is 9.13 Å². The summed E-state index contributed by atoms with van der Waals surface area (Å²) in [5, 5.41) is 25.4. The zero-order chi connectivity index (χ0) is 25.9. The van der Waals surface area contributed by atoms with E-state index in [2.05, 4.69) is 20.0 Å². The van der Waals surface area contributed by atoms with Crippen LogP contribution < -0.4 is 4.90 Å². The summed E-state index contributed by atoms with van der Waals surface area (Å²) in [6.07, 6.45) is 2.54. The molecule has 200 valence electrons. The molecule has 5 unspecified atom stereocenters. The van der Waals surface area contributed by atoms with E-state index in [1.54, 1.807) is 0 Å². The van der Waals surface area contributed by atoms with Crippen LogP contribution in [-0.4, -0.2) is 87.4 Å². The Hall–Kier alpha value is -1.18. The van der Waals surface area contributed by atoms with Gasteiger partial charge in [0.05, 0.1) is 18.5 Å². The lowest BCUT2D eigenvalue weighted by Crippen LogP contribution is -2.42. The van der Waals surface area contributed by atoms with Gasteiger partial charge >= 0.3 is 15.2 Å². The molecule has 1 spiro atoms. The van der Waals surface area contributed by atoms with Gasteiger partial charge in [-0.25, -0.2) is 9.50 Å². The quantitative estimate of drug-likeness (QED) is 0.299. The predicted octanol–water partition coefficient (Wildman–Crippen LogP) is 1.19. The van der Waals surface area contributed by atoms with Crippen molar-refractivity contribution in [1.29, 1.82) is 0 Å². The van der Waals surface area contributed by atoms with Gasteiger partial charge in [0.15, 0.2) is 17.4 Å². The zero-order valence-corrected chi connectivity index (χ0v) is 21.7. The highest BCUT2D eigenvalue weighted by molar-refractivity contribution is 7.70. The van der Waals surface area contributed by atoms with Crippen molar-refractivity contribution in [2.24, 2.45) is 0 Å². The van der Waals surface area contributed by atoms with Gasteiger partial charge in [-0.2, -0.15) is 4.98 Å². The number of nitrogens with zero attached hydrogens (tertiary/aromatic N) is 5. The fraction of sp³-hybridized carbons (Fsp3) is 0.737. The Morgan fingerprint density at radius 3 is 2.53 bits per heavy atom. The number of hydrogen-bond acceptors (Lipinski definition) is 10. The first-order chi connectivity index (χ1) is 16.9. The standard InChI is InChI=1S/C19H28ClN5O9P2/c20-18-22-17(24-7-3-6-19(24)4-1-2-5-19)16-21-8-11(25(16)23-18)15-14(27)13(26)12(34-15)9-33-36(31,32)10-35(28,29)30/h8,12-15,26-27H,1-7,9-10H2,(H,31,32)(H2,28,29,30). The normalized spacial score (nSPS) is 30.0. The first-order valence-electron chi connectivity index (χ1n) is 11.6. The molecule has 2 aliphatic heterocycles. The molecule has 3 fully saturated rings. The van der Waals surface area contributed by atoms with E-state index in [1.807, 2.05) is 0 Å². The third-order valence-corrected chi connectivity index (χ3v) is 10.8. The van der Waals surface area contributed by atoms with Crippen LogP contribution in [0.1, 0.15) is 50.3 Å². The molecule has 2 aromatic heterocycles. The highest BCUT2D eigenvalue weighted by atomic mass is 35.5. The van der Waals surface area contributed by atoms with Gasteiger partial charge in [-0.05, 0) is 37.3 Å². The van der Waals surface area contributed by atoms with Crippen molar-refractivity contribution in [3.8, 4) is 0 Å². The second-order valence-electron chi connectivity index (χ2n) is 9.63. The van der Waals surface area contributed by atoms with Gasteiger partial charge in [-0.15, -0.1) is 5.10 Å². The second-order valence-corrected chi connectivity index (χ2v) is 14.0. The lowest BCUT2D eigenvalue weighted by Gasteiger charge is -2.36. The van der Waals surface area contributed by atoms with Crippen LogP contribution in [0.2, 0.25) is 5.28 Å². The van der Waals surface area contributed by atoms with Crippen LogP contribution in [0, 0.1) is 0 Å². The van der Waals surface area contributed by atoms with E-state index >= 15 is 0 Å². The number of aromatic nitrogens is 4. The molecular formula is C19H28ClN5O9P2. The lowest BCUT2D eigenvalue weighted by molar-refractivity contribution is -0.0204. The van der Waals surface area contributed by atoms with Gasteiger partial charge < -0.3 is 39.1 Å². The monoisotopic (exact) mass is 567 g/mol. The molecule has 0 bridgehead atoms. The first kappa shape index (κ1) is 26.4. The fourth-order valence-corrected chi connectivity index (χ4v) is 8.37. The minimum absolute atomic E-state index is 0.0115. The van der Waals surface area contributed by atoms with Crippen LogP contribution >= 0.6 is 26.8 Å². The Labute approximate surface area is 210 Å². The van der Waals surface area contributed by atoms with Crippen LogP contribution in [0.4, 0.5) is 5.82 Å². The molecule has 2 aromatic rings. The van der Waals surface area contributed by atoms with Crippen molar-refractivity contribution in [2.75, 3.05) is 24.0 Å². The minimum atomic E-state index is -4.82. The lowest BCUT2D eigenvalue weighted by atomic mass is 9.94. The van der Waals surface area contributed by atoms with Crippen LogP contribution in [-0.2, 0) is 18.4 Å². The maximum absolute atomic E-state index is 12.0. The van der Waals surface area contributed by atoms with Gasteiger partial charge in [0.25, 0.3) is 0 Å². The Morgan fingerprint density at radius 2 is 1.83 bits per heavy atom. The number of anilines is 1. The molecule has 0 amide bonds. The van der Waals surface area contributed by atoms with Crippen LogP contribution in [0.15, 0.2) is 6.20 Å². The maximum atomic E-state index is 12.0. The highest BCUT2D eigenvalue weighted by Gasteiger charge is 2.47. The van der Waals surface area contributed by atoms with Crippen molar-refractivity contribution < 1.29 is 43.3 Å². The van der Waals surface area contributed by atoms with E-state index in [0.717, 1.165) is 45.1 Å². The Balaban J connectivity index is 1.40. The number of ether oxygens (including phenoxy) is 1. The van der Waals surface area contributed by atoms with E-state index in [9.17, 15) is 24.2 Å². The molecule has 0 radical (unpaired) electrons. The van der Waals surface area contributed by atoms with Crippen LogP contribution in [0.3, 0.4) is 0 Å².